The predicted octanol–water partition coefficient (Wildman–Crippen LogP) is 2.85. The first kappa shape index (κ1) is 15.6. The van der Waals surface area contributed by atoms with E-state index in [0.717, 1.165) is 24.2 Å². The number of esters is 1. The van der Waals surface area contributed by atoms with E-state index in [-0.39, 0.29) is 11.9 Å². The van der Waals surface area contributed by atoms with Crippen molar-refractivity contribution in [3.8, 4) is 0 Å². The third-order valence-electron chi connectivity index (χ3n) is 4.47. The molecule has 2 bridgehead atoms. The summed E-state index contributed by atoms with van der Waals surface area (Å²) in [7, 11) is 1.34. The molecular weight excluding hydrogens is 300 g/mol. The summed E-state index contributed by atoms with van der Waals surface area (Å²) in [5.41, 5.74) is -0.716. The van der Waals surface area contributed by atoms with E-state index in [1.54, 1.807) is 11.8 Å². The Bertz CT molecular complexity index is 559. The number of carbonyl (C=O) groups excluding carboxylic acids is 2. The fourth-order valence-electron chi connectivity index (χ4n) is 3.45. The van der Waals surface area contributed by atoms with Crippen LogP contribution < -0.4 is 0 Å². The average Bonchev–Trinajstić information content (AvgIpc) is 2.53. The second-order valence-electron chi connectivity index (χ2n) is 5.93. The van der Waals surface area contributed by atoms with Crippen LogP contribution in [0, 0.1) is 5.92 Å². The van der Waals surface area contributed by atoms with Crippen LogP contribution in [-0.4, -0.2) is 36.3 Å². The maximum absolute atomic E-state index is 12.4. The Labute approximate surface area is 134 Å². The van der Waals surface area contributed by atoms with Gasteiger partial charge in [0.25, 0.3) is 0 Å². The first-order valence-electron chi connectivity index (χ1n) is 7.61. The summed E-state index contributed by atoms with van der Waals surface area (Å²) in [6.07, 6.45) is 2.91. The number of hydrogen-bond acceptors (Lipinski definition) is 5. The summed E-state index contributed by atoms with van der Waals surface area (Å²) in [5, 5.41) is 0. The molecule has 2 fully saturated rings. The van der Waals surface area contributed by atoms with Gasteiger partial charge in [-0.1, -0.05) is 18.2 Å². The fourth-order valence-corrected chi connectivity index (χ4v) is 4.59. The summed E-state index contributed by atoms with van der Waals surface area (Å²) in [6.45, 7) is 0. The van der Waals surface area contributed by atoms with Gasteiger partial charge < -0.3 is 9.47 Å². The van der Waals surface area contributed by atoms with Crippen LogP contribution in [0.3, 0.4) is 0 Å². The summed E-state index contributed by atoms with van der Waals surface area (Å²) in [4.78, 5) is 25.7. The Morgan fingerprint density at radius 1 is 1.41 bits per heavy atom. The first-order chi connectivity index (χ1) is 10.6. The van der Waals surface area contributed by atoms with E-state index < -0.39 is 17.5 Å². The van der Waals surface area contributed by atoms with Crippen LogP contribution in [0.4, 0.5) is 0 Å². The molecule has 2 saturated heterocycles. The number of Topliss-reactive ketones (excluding diaryl/α,β-unsaturated/α-hetero) is 1. The van der Waals surface area contributed by atoms with Gasteiger partial charge in [-0.25, -0.2) is 0 Å². The minimum Gasteiger partial charge on any atom is -0.468 e. The molecule has 4 nitrogen and oxygen atoms in total. The fraction of sp³-hybridized carbons (Fsp3) is 0.529. The molecule has 1 aromatic rings. The van der Waals surface area contributed by atoms with Gasteiger partial charge in [0.05, 0.1) is 18.8 Å². The van der Waals surface area contributed by atoms with Gasteiger partial charge in [0.2, 0.25) is 0 Å². The van der Waals surface area contributed by atoms with E-state index in [4.69, 9.17) is 9.47 Å². The van der Waals surface area contributed by atoms with Crippen LogP contribution >= 0.6 is 11.8 Å². The van der Waals surface area contributed by atoms with Crippen LogP contribution in [0.2, 0.25) is 0 Å². The van der Waals surface area contributed by atoms with Crippen LogP contribution in [0.1, 0.15) is 25.7 Å². The topological polar surface area (TPSA) is 52.6 Å². The maximum atomic E-state index is 12.4. The maximum Gasteiger partial charge on any atom is 0.319 e. The third kappa shape index (κ3) is 2.92. The minimum absolute atomic E-state index is 0.0311. The highest BCUT2D eigenvalue weighted by atomic mass is 32.2. The molecule has 0 amide bonds. The van der Waals surface area contributed by atoms with Crippen molar-refractivity contribution in [1.82, 2.24) is 0 Å². The molecule has 2 heterocycles. The van der Waals surface area contributed by atoms with E-state index in [0.29, 0.717) is 12.2 Å². The van der Waals surface area contributed by atoms with E-state index in [1.807, 2.05) is 30.3 Å². The van der Waals surface area contributed by atoms with Crippen molar-refractivity contribution in [2.45, 2.75) is 42.3 Å². The van der Waals surface area contributed by atoms with Crippen LogP contribution in [-0.2, 0) is 19.1 Å². The van der Waals surface area contributed by atoms with E-state index in [2.05, 4.69) is 0 Å². The Morgan fingerprint density at radius 2 is 2.18 bits per heavy atom. The zero-order chi connectivity index (χ0) is 15.6. The van der Waals surface area contributed by atoms with Crippen molar-refractivity contribution in [3.63, 3.8) is 0 Å². The highest BCUT2D eigenvalue weighted by molar-refractivity contribution is 7.99. The average molecular weight is 320 g/mol. The van der Waals surface area contributed by atoms with E-state index in [1.165, 1.54) is 7.11 Å². The number of ketones is 1. The number of benzene rings is 1. The molecule has 118 valence electrons. The van der Waals surface area contributed by atoms with E-state index in [9.17, 15) is 9.59 Å². The third-order valence-corrected chi connectivity index (χ3v) is 5.71. The van der Waals surface area contributed by atoms with Crippen molar-refractivity contribution in [1.29, 1.82) is 0 Å². The molecule has 2 aliphatic heterocycles. The molecule has 5 heteroatoms. The smallest absolute Gasteiger partial charge is 0.319 e. The molecule has 0 aromatic heterocycles. The molecule has 22 heavy (non-hydrogen) atoms. The van der Waals surface area contributed by atoms with Gasteiger partial charge in [0.15, 0.2) is 5.78 Å². The normalized spacial score (nSPS) is 30.9. The lowest BCUT2D eigenvalue weighted by Gasteiger charge is -2.48. The zero-order valence-corrected chi connectivity index (χ0v) is 13.4. The van der Waals surface area contributed by atoms with Gasteiger partial charge in [-0.3, -0.25) is 9.59 Å². The summed E-state index contributed by atoms with van der Waals surface area (Å²) >= 11 is 1.63. The lowest BCUT2D eigenvalue weighted by Crippen LogP contribution is -2.59. The van der Waals surface area contributed by atoms with Gasteiger partial charge in [-0.2, -0.15) is 0 Å². The first-order valence-corrected chi connectivity index (χ1v) is 8.59. The lowest BCUT2D eigenvalue weighted by molar-refractivity contribution is -0.195. The van der Waals surface area contributed by atoms with Crippen molar-refractivity contribution in [2.75, 3.05) is 12.9 Å². The second-order valence-corrected chi connectivity index (χ2v) is 6.97. The highest BCUT2D eigenvalue weighted by Gasteiger charge is 2.55. The standard InChI is InChI=1S/C17H20O4S/c1-20-16(19)15-14(18)10-12-6-5-9-17(15,21-12)11-22-13-7-3-2-4-8-13/h2-4,7-8,12,15H,5-6,9-11H2,1H3/t12-,15?,17-/m1/s1. The summed E-state index contributed by atoms with van der Waals surface area (Å²) < 4.78 is 11.1. The van der Waals surface area contributed by atoms with Gasteiger partial charge in [-0.15, -0.1) is 11.8 Å². The van der Waals surface area contributed by atoms with Gasteiger partial charge in [-0.05, 0) is 31.4 Å². The van der Waals surface area contributed by atoms with Gasteiger partial charge in [0.1, 0.15) is 5.92 Å². The number of carbonyl (C=O) groups is 2. The molecule has 0 radical (unpaired) electrons. The van der Waals surface area contributed by atoms with Crippen LogP contribution in [0.5, 0.6) is 0 Å². The number of ether oxygens (including phenoxy) is 2. The predicted molar refractivity (Wildman–Crippen MR) is 83.8 cm³/mol. The van der Waals surface area contributed by atoms with Gasteiger partial charge >= 0.3 is 5.97 Å². The van der Waals surface area contributed by atoms with Crippen LogP contribution in [0.25, 0.3) is 0 Å². The molecule has 0 spiro atoms. The number of methoxy groups -OCH3 is 1. The molecule has 1 aromatic carbocycles. The number of fused-ring (bicyclic) bond motifs is 2. The zero-order valence-electron chi connectivity index (χ0n) is 12.6. The molecule has 2 aliphatic rings. The molecule has 0 saturated carbocycles. The van der Waals surface area contributed by atoms with E-state index >= 15 is 0 Å². The second kappa shape index (κ2) is 6.42. The number of rotatable bonds is 4. The molecule has 0 aliphatic carbocycles. The van der Waals surface area contributed by atoms with Crippen molar-refractivity contribution in [2.24, 2.45) is 5.92 Å². The quantitative estimate of drug-likeness (QED) is 0.485. The Kier molecular flexibility index (Phi) is 4.54. The SMILES string of the molecule is COC(=O)C1C(=O)C[C@H]2CCC[C@]1(CSc1ccccc1)O2. The molecule has 1 unspecified atom stereocenters. The van der Waals surface area contributed by atoms with Gasteiger partial charge in [0, 0.05) is 17.1 Å². The largest absolute Gasteiger partial charge is 0.468 e. The van der Waals surface area contributed by atoms with Crippen molar-refractivity contribution < 1.29 is 19.1 Å². The molecule has 3 rings (SSSR count). The van der Waals surface area contributed by atoms with Crippen molar-refractivity contribution in [3.05, 3.63) is 30.3 Å². The Balaban J connectivity index is 1.84. The monoisotopic (exact) mass is 320 g/mol. The Hall–Kier alpha value is -1.33. The lowest BCUT2D eigenvalue weighted by atomic mass is 9.74. The summed E-state index contributed by atoms with van der Waals surface area (Å²) in [6, 6.07) is 9.98. The molecular formula is C17H20O4S. The van der Waals surface area contributed by atoms with Crippen LogP contribution in [0.15, 0.2) is 35.2 Å². The van der Waals surface area contributed by atoms with Crippen molar-refractivity contribution >= 4 is 23.5 Å². The Morgan fingerprint density at radius 3 is 2.91 bits per heavy atom. The number of hydrogen-bond donors (Lipinski definition) is 0. The molecule has 3 atom stereocenters. The summed E-state index contributed by atoms with van der Waals surface area (Å²) in [5.74, 6) is -0.681. The minimum atomic E-state index is -0.787. The molecule has 0 N–H and O–H groups in total. The number of thioether (sulfide) groups is 1. The highest BCUT2D eigenvalue weighted by Crippen LogP contribution is 2.44.